The Bertz CT molecular complexity index is 488. The Labute approximate surface area is 124 Å². The molecule has 0 aliphatic carbocycles. The van der Waals surface area contributed by atoms with Gasteiger partial charge in [-0.15, -0.1) is 0 Å². The first-order valence-corrected chi connectivity index (χ1v) is 7.63. The monoisotopic (exact) mass is 294 g/mol. The molecule has 6 nitrogen and oxygen atoms in total. The Morgan fingerprint density at radius 3 is 2.86 bits per heavy atom. The molecule has 4 atom stereocenters. The highest BCUT2D eigenvalue weighted by atomic mass is 16.5. The maximum Gasteiger partial charge on any atom is 0.310 e. The number of amides is 1. The average Bonchev–Trinajstić information content (AvgIpc) is 3.08. The molecule has 1 spiro atoms. The van der Waals surface area contributed by atoms with Gasteiger partial charge in [-0.05, 0) is 13.1 Å². The molecule has 1 amide bonds. The molecule has 2 fully saturated rings. The molecule has 0 aromatic heterocycles. The van der Waals surface area contributed by atoms with Crippen LogP contribution in [0.15, 0.2) is 12.2 Å². The number of hydrogen-bond acceptors (Lipinski definition) is 4. The number of carbonyl (C=O) groups is 2. The summed E-state index contributed by atoms with van der Waals surface area (Å²) < 4.78 is 5.85. The van der Waals surface area contributed by atoms with Crippen molar-refractivity contribution in [1.82, 2.24) is 9.80 Å². The number of nitrogens with zero attached hydrogens (tertiary/aromatic N) is 2. The first-order chi connectivity index (χ1) is 10.0. The Morgan fingerprint density at radius 1 is 1.52 bits per heavy atom. The number of carboxylic acid groups (broad SMARTS) is 1. The van der Waals surface area contributed by atoms with E-state index >= 15 is 0 Å². The van der Waals surface area contributed by atoms with Gasteiger partial charge in [-0.25, -0.2) is 0 Å². The molecule has 0 aromatic carbocycles. The highest BCUT2D eigenvalue weighted by molar-refractivity contribution is 5.90. The van der Waals surface area contributed by atoms with Crippen LogP contribution in [0.1, 0.15) is 13.8 Å². The summed E-state index contributed by atoms with van der Waals surface area (Å²) in [5.41, 5.74) is -0.700. The van der Waals surface area contributed by atoms with E-state index < -0.39 is 29.5 Å². The third-order valence-electron chi connectivity index (χ3n) is 5.04. The van der Waals surface area contributed by atoms with Crippen LogP contribution in [0.3, 0.4) is 0 Å². The number of fused-ring (bicyclic) bond motifs is 1. The molecule has 2 saturated heterocycles. The second-order valence-corrected chi connectivity index (χ2v) is 6.02. The van der Waals surface area contributed by atoms with Gasteiger partial charge in [-0.1, -0.05) is 26.0 Å². The Morgan fingerprint density at radius 2 is 2.24 bits per heavy atom. The fourth-order valence-electron chi connectivity index (χ4n) is 3.85. The predicted molar refractivity (Wildman–Crippen MR) is 75.7 cm³/mol. The lowest BCUT2D eigenvalue weighted by Crippen LogP contribution is -2.40. The zero-order chi connectivity index (χ0) is 15.2. The molecule has 3 aliphatic heterocycles. The maximum absolute atomic E-state index is 12.6. The van der Waals surface area contributed by atoms with Crippen LogP contribution in [0.4, 0.5) is 0 Å². The zero-order valence-electron chi connectivity index (χ0n) is 12.5. The molecular formula is C15H22N2O4. The lowest BCUT2D eigenvalue weighted by Gasteiger charge is -2.24. The molecule has 0 saturated carbocycles. The predicted octanol–water partition coefficient (Wildman–Crippen LogP) is 0.195. The van der Waals surface area contributed by atoms with Crippen molar-refractivity contribution in [3.63, 3.8) is 0 Å². The lowest BCUT2D eigenvalue weighted by atomic mass is 9.77. The van der Waals surface area contributed by atoms with Gasteiger partial charge >= 0.3 is 5.97 Å². The summed E-state index contributed by atoms with van der Waals surface area (Å²) in [6.45, 7) is 8.01. The quantitative estimate of drug-likeness (QED) is 0.708. The van der Waals surface area contributed by atoms with Crippen molar-refractivity contribution >= 4 is 11.9 Å². The van der Waals surface area contributed by atoms with Crippen LogP contribution >= 0.6 is 0 Å². The van der Waals surface area contributed by atoms with Gasteiger partial charge in [-0.2, -0.15) is 0 Å². The van der Waals surface area contributed by atoms with Crippen molar-refractivity contribution < 1.29 is 19.4 Å². The van der Waals surface area contributed by atoms with Gasteiger partial charge < -0.3 is 19.6 Å². The number of likely N-dealkylation sites (tertiary alicyclic amines) is 1. The molecule has 3 rings (SSSR count). The molecule has 0 aromatic rings. The van der Waals surface area contributed by atoms with Crippen molar-refractivity contribution in [2.75, 3.05) is 32.7 Å². The van der Waals surface area contributed by atoms with Crippen LogP contribution in [-0.2, 0) is 14.3 Å². The van der Waals surface area contributed by atoms with Crippen molar-refractivity contribution in [3.05, 3.63) is 12.2 Å². The van der Waals surface area contributed by atoms with Crippen LogP contribution in [0.5, 0.6) is 0 Å². The summed E-state index contributed by atoms with van der Waals surface area (Å²) in [5, 5.41) is 9.38. The summed E-state index contributed by atoms with van der Waals surface area (Å²) in [6, 6.07) is 0. The number of hydrogen-bond donors (Lipinski definition) is 1. The number of carbonyl (C=O) groups excluding carboxylic acids is 1. The summed E-state index contributed by atoms with van der Waals surface area (Å²) in [4.78, 5) is 28.1. The minimum Gasteiger partial charge on any atom is -0.481 e. The molecule has 3 aliphatic rings. The van der Waals surface area contributed by atoms with Gasteiger partial charge in [0.05, 0.1) is 18.6 Å². The van der Waals surface area contributed by atoms with Crippen LogP contribution in [0.25, 0.3) is 0 Å². The van der Waals surface area contributed by atoms with Crippen LogP contribution < -0.4 is 0 Å². The van der Waals surface area contributed by atoms with Gasteiger partial charge in [0, 0.05) is 13.1 Å². The first kappa shape index (κ1) is 14.5. The first-order valence-electron chi connectivity index (χ1n) is 7.63. The minimum absolute atomic E-state index is 0.0681. The smallest absolute Gasteiger partial charge is 0.310 e. The highest BCUT2D eigenvalue weighted by Gasteiger charge is 2.66. The van der Waals surface area contributed by atoms with Crippen molar-refractivity contribution in [2.45, 2.75) is 25.6 Å². The Kier molecular flexibility index (Phi) is 3.53. The molecule has 0 radical (unpaired) electrons. The van der Waals surface area contributed by atoms with E-state index in [1.54, 1.807) is 11.0 Å². The average molecular weight is 294 g/mol. The third-order valence-corrected chi connectivity index (χ3v) is 5.04. The second-order valence-electron chi connectivity index (χ2n) is 6.02. The van der Waals surface area contributed by atoms with E-state index in [2.05, 4.69) is 18.7 Å². The standard InChI is InChI=1S/C15H22N2O4/c1-3-16(4-2)7-8-17-9-15-6-5-10(21-15)11(14(19)20)12(15)13(17)18/h5-6,10-12H,3-4,7-9H2,1-2H3,(H,19,20)/t10-,11+,12+,15-/m1/s1. The van der Waals surface area contributed by atoms with E-state index in [9.17, 15) is 14.7 Å². The van der Waals surface area contributed by atoms with Crippen molar-refractivity contribution in [3.8, 4) is 0 Å². The van der Waals surface area contributed by atoms with E-state index in [0.29, 0.717) is 13.1 Å². The second kappa shape index (κ2) is 5.10. The Hall–Kier alpha value is -1.40. The van der Waals surface area contributed by atoms with E-state index in [4.69, 9.17) is 4.74 Å². The van der Waals surface area contributed by atoms with E-state index in [1.165, 1.54) is 0 Å². The fourth-order valence-corrected chi connectivity index (χ4v) is 3.85. The van der Waals surface area contributed by atoms with E-state index in [1.807, 2.05) is 6.08 Å². The fraction of sp³-hybridized carbons (Fsp3) is 0.733. The number of likely N-dealkylation sites (N-methyl/N-ethyl adjacent to an activating group) is 1. The highest BCUT2D eigenvalue weighted by Crippen LogP contribution is 2.51. The van der Waals surface area contributed by atoms with Gasteiger partial charge in [-0.3, -0.25) is 9.59 Å². The Balaban J connectivity index is 1.74. The molecule has 0 unspecified atom stereocenters. The van der Waals surface area contributed by atoms with E-state index in [-0.39, 0.29) is 5.91 Å². The lowest BCUT2D eigenvalue weighted by molar-refractivity contribution is -0.148. The molecule has 116 valence electrons. The summed E-state index contributed by atoms with van der Waals surface area (Å²) in [5.74, 6) is -2.29. The maximum atomic E-state index is 12.6. The molecule has 3 heterocycles. The van der Waals surface area contributed by atoms with Gasteiger partial charge in [0.1, 0.15) is 11.5 Å². The van der Waals surface area contributed by atoms with Gasteiger partial charge in [0.2, 0.25) is 5.91 Å². The van der Waals surface area contributed by atoms with Crippen molar-refractivity contribution in [1.29, 1.82) is 0 Å². The molecule has 6 heteroatoms. The largest absolute Gasteiger partial charge is 0.481 e. The SMILES string of the molecule is CCN(CC)CCN1C[C@@]23C=C[C@@H](O2)[C@H](C(=O)O)[C@H]3C1=O. The van der Waals surface area contributed by atoms with Crippen molar-refractivity contribution in [2.24, 2.45) is 11.8 Å². The van der Waals surface area contributed by atoms with E-state index in [0.717, 1.165) is 19.6 Å². The topological polar surface area (TPSA) is 70.1 Å². The van der Waals surface area contributed by atoms with Crippen LogP contribution in [0.2, 0.25) is 0 Å². The molecule has 21 heavy (non-hydrogen) atoms. The molecular weight excluding hydrogens is 272 g/mol. The summed E-state index contributed by atoms with van der Waals surface area (Å²) in [6.07, 6.45) is 3.26. The van der Waals surface area contributed by atoms with Gasteiger partial charge in [0.15, 0.2) is 0 Å². The third kappa shape index (κ3) is 2.08. The molecule has 2 bridgehead atoms. The van der Waals surface area contributed by atoms with Crippen LogP contribution in [-0.4, -0.2) is 71.2 Å². The normalized spacial score (nSPS) is 36.8. The zero-order valence-corrected chi connectivity index (χ0v) is 12.5. The van der Waals surface area contributed by atoms with Gasteiger partial charge in [0.25, 0.3) is 0 Å². The number of carboxylic acids is 1. The summed E-state index contributed by atoms with van der Waals surface area (Å²) >= 11 is 0. The number of ether oxygens (including phenoxy) is 1. The number of rotatable bonds is 6. The van der Waals surface area contributed by atoms with Crippen LogP contribution in [0, 0.1) is 11.8 Å². The number of aliphatic carboxylic acids is 1. The molecule has 1 N–H and O–H groups in total. The summed E-state index contributed by atoms with van der Waals surface area (Å²) in [7, 11) is 0. The minimum atomic E-state index is -0.935.